The number of aliphatic hydroxyl groups is 1. The highest BCUT2D eigenvalue weighted by Gasteiger charge is 2.11. The molecule has 0 saturated carbocycles. The monoisotopic (exact) mass is 244 g/mol. The standard InChI is InChI=1S/C16H20O2/c1-4-14(17)16-9-8-15(18-16)13-7-5-6-12(10-13)11(2)3/h5-11,14,17H,4H2,1-3H3. The molecule has 2 nitrogen and oxygen atoms in total. The molecule has 1 N–H and O–H groups in total. The van der Waals surface area contributed by atoms with Crippen LogP contribution in [-0.2, 0) is 0 Å². The third-order valence-corrected chi connectivity index (χ3v) is 3.18. The number of hydrogen-bond donors (Lipinski definition) is 1. The van der Waals surface area contributed by atoms with E-state index >= 15 is 0 Å². The van der Waals surface area contributed by atoms with E-state index in [1.165, 1.54) is 5.56 Å². The van der Waals surface area contributed by atoms with E-state index in [-0.39, 0.29) is 0 Å². The number of furan rings is 1. The average molecular weight is 244 g/mol. The van der Waals surface area contributed by atoms with Crippen LogP contribution in [0.3, 0.4) is 0 Å². The lowest BCUT2D eigenvalue weighted by Crippen LogP contribution is -1.91. The zero-order chi connectivity index (χ0) is 13.1. The third kappa shape index (κ3) is 2.65. The number of benzene rings is 1. The van der Waals surface area contributed by atoms with Crippen LogP contribution in [0.4, 0.5) is 0 Å². The minimum atomic E-state index is -0.507. The van der Waals surface area contributed by atoms with Crippen molar-refractivity contribution in [2.24, 2.45) is 0 Å². The Morgan fingerprint density at radius 2 is 1.94 bits per heavy atom. The molecule has 0 radical (unpaired) electrons. The zero-order valence-corrected chi connectivity index (χ0v) is 11.2. The van der Waals surface area contributed by atoms with Crippen LogP contribution >= 0.6 is 0 Å². The van der Waals surface area contributed by atoms with Crippen LogP contribution in [-0.4, -0.2) is 5.11 Å². The molecule has 0 aliphatic carbocycles. The van der Waals surface area contributed by atoms with Gasteiger partial charge in [-0.3, -0.25) is 0 Å². The Hall–Kier alpha value is -1.54. The number of hydrogen-bond acceptors (Lipinski definition) is 2. The molecule has 1 aromatic heterocycles. The maximum Gasteiger partial charge on any atom is 0.134 e. The van der Waals surface area contributed by atoms with Crippen LogP contribution in [0.25, 0.3) is 11.3 Å². The Bertz CT molecular complexity index is 511. The summed E-state index contributed by atoms with van der Waals surface area (Å²) in [7, 11) is 0. The first-order valence-corrected chi connectivity index (χ1v) is 6.50. The highest BCUT2D eigenvalue weighted by molar-refractivity contribution is 5.59. The van der Waals surface area contributed by atoms with Gasteiger partial charge in [-0.25, -0.2) is 0 Å². The molecule has 1 aromatic carbocycles. The Morgan fingerprint density at radius 1 is 1.17 bits per heavy atom. The van der Waals surface area contributed by atoms with Crippen LogP contribution in [0.2, 0.25) is 0 Å². The molecular formula is C16H20O2. The second kappa shape index (κ2) is 5.40. The molecule has 2 rings (SSSR count). The quantitative estimate of drug-likeness (QED) is 0.858. The van der Waals surface area contributed by atoms with Crippen LogP contribution in [0, 0.1) is 0 Å². The van der Waals surface area contributed by atoms with Crippen LogP contribution in [0.5, 0.6) is 0 Å². The lowest BCUT2D eigenvalue weighted by molar-refractivity contribution is 0.147. The summed E-state index contributed by atoms with van der Waals surface area (Å²) in [5, 5.41) is 9.74. The number of rotatable bonds is 4. The average Bonchev–Trinajstić information content (AvgIpc) is 2.87. The van der Waals surface area contributed by atoms with Gasteiger partial charge in [-0.15, -0.1) is 0 Å². The molecule has 1 unspecified atom stereocenters. The van der Waals surface area contributed by atoms with Gasteiger partial charge in [0.1, 0.15) is 17.6 Å². The summed E-state index contributed by atoms with van der Waals surface area (Å²) in [4.78, 5) is 0. The van der Waals surface area contributed by atoms with E-state index in [9.17, 15) is 5.11 Å². The summed E-state index contributed by atoms with van der Waals surface area (Å²) >= 11 is 0. The molecule has 1 atom stereocenters. The van der Waals surface area contributed by atoms with Gasteiger partial charge in [0, 0.05) is 5.56 Å². The van der Waals surface area contributed by atoms with Crippen molar-refractivity contribution < 1.29 is 9.52 Å². The van der Waals surface area contributed by atoms with Gasteiger partial charge in [-0.2, -0.15) is 0 Å². The maximum atomic E-state index is 9.74. The van der Waals surface area contributed by atoms with E-state index in [1.807, 2.05) is 31.2 Å². The van der Waals surface area contributed by atoms with Crippen molar-refractivity contribution in [3.8, 4) is 11.3 Å². The van der Waals surface area contributed by atoms with Crippen molar-refractivity contribution in [1.29, 1.82) is 0 Å². The summed E-state index contributed by atoms with van der Waals surface area (Å²) in [6.45, 7) is 6.28. The van der Waals surface area contributed by atoms with Crippen molar-refractivity contribution in [3.05, 3.63) is 47.7 Å². The predicted molar refractivity (Wildman–Crippen MR) is 73.5 cm³/mol. The summed E-state index contributed by atoms with van der Waals surface area (Å²) in [6, 6.07) is 12.1. The lowest BCUT2D eigenvalue weighted by Gasteiger charge is -2.07. The lowest BCUT2D eigenvalue weighted by atomic mass is 10.0. The predicted octanol–water partition coefficient (Wildman–Crippen LogP) is 4.51. The molecular weight excluding hydrogens is 224 g/mol. The fourth-order valence-corrected chi connectivity index (χ4v) is 1.94. The molecule has 2 aromatic rings. The van der Waals surface area contributed by atoms with Gasteiger partial charge in [-0.1, -0.05) is 39.0 Å². The summed E-state index contributed by atoms with van der Waals surface area (Å²) in [5.74, 6) is 1.96. The molecule has 0 fully saturated rings. The normalized spacial score (nSPS) is 12.9. The third-order valence-electron chi connectivity index (χ3n) is 3.18. The highest BCUT2D eigenvalue weighted by atomic mass is 16.4. The van der Waals surface area contributed by atoms with Gasteiger partial charge in [0.25, 0.3) is 0 Å². The van der Waals surface area contributed by atoms with Crippen molar-refractivity contribution in [2.75, 3.05) is 0 Å². The Kier molecular flexibility index (Phi) is 3.87. The van der Waals surface area contributed by atoms with Crippen LogP contribution < -0.4 is 0 Å². The fourth-order valence-electron chi connectivity index (χ4n) is 1.94. The first-order valence-electron chi connectivity index (χ1n) is 6.50. The summed E-state index contributed by atoms with van der Waals surface area (Å²) in [5.41, 5.74) is 2.36. The second-order valence-corrected chi connectivity index (χ2v) is 4.91. The molecule has 96 valence electrons. The molecule has 0 aliphatic heterocycles. The van der Waals surface area contributed by atoms with Crippen LogP contribution in [0.1, 0.15) is 50.5 Å². The van der Waals surface area contributed by atoms with Gasteiger partial charge in [-0.05, 0) is 36.1 Å². The van der Waals surface area contributed by atoms with Crippen molar-refractivity contribution in [2.45, 2.75) is 39.2 Å². The number of aliphatic hydroxyl groups excluding tert-OH is 1. The van der Waals surface area contributed by atoms with Crippen molar-refractivity contribution >= 4 is 0 Å². The molecule has 0 aliphatic rings. The molecule has 18 heavy (non-hydrogen) atoms. The second-order valence-electron chi connectivity index (χ2n) is 4.91. The van der Waals surface area contributed by atoms with Gasteiger partial charge in [0.15, 0.2) is 0 Å². The van der Waals surface area contributed by atoms with Gasteiger partial charge >= 0.3 is 0 Å². The van der Waals surface area contributed by atoms with E-state index in [0.29, 0.717) is 18.1 Å². The first-order chi connectivity index (χ1) is 8.61. The molecule has 0 amide bonds. The molecule has 2 heteroatoms. The molecule has 0 saturated heterocycles. The largest absolute Gasteiger partial charge is 0.458 e. The first kappa shape index (κ1) is 12.9. The van der Waals surface area contributed by atoms with Crippen molar-refractivity contribution in [3.63, 3.8) is 0 Å². The Labute approximate surface area is 108 Å². The minimum Gasteiger partial charge on any atom is -0.458 e. The Balaban J connectivity index is 2.31. The van der Waals surface area contributed by atoms with E-state index < -0.39 is 6.10 Å². The molecule has 0 bridgehead atoms. The van der Waals surface area contributed by atoms with E-state index in [4.69, 9.17) is 4.42 Å². The molecule has 1 heterocycles. The van der Waals surface area contributed by atoms with E-state index in [2.05, 4.69) is 26.0 Å². The van der Waals surface area contributed by atoms with Crippen LogP contribution in [0.15, 0.2) is 40.8 Å². The smallest absolute Gasteiger partial charge is 0.134 e. The van der Waals surface area contributed by atoms with Gasteiger partial charge in [0.05, 0.1) is 0 Å². The topological polar surface area (TPSA) is 33.4 Å². The zero-order valence-electron chi connectivity index (χ0n) is 11.2. The SMILES string of the molecule is CCC(O)c1ccc(-c2cccc(C(C)C)c2)o1. The van der Waals surface area contributed by atoms with E-state index in [1.54, 1.807) is 0 Å². The molecule has 0 spiro atoms. The summed E-state index contributed by atoms with van der Waals surface area (Å²) in [6.07, 6.45) is 0.158. The van der Waals surface area contributed by atoms with Crippen molar-refractivity contribution in [1.82, 2.24) is 0 Å². The van der Waals surface area contributed by atoms with E-state index in [0.717, 1.165) is 11.3 Å². The minimum absolute atomic E-state index is 0.501. The maximum absolute atomic E-state index is 9.74. The van der Waals surface area contributed by atoms with Gasteiger partial charge < -0.3 is 9.52 Å². The Morgan fingerprint density at radius 3 is 2.61 bits per heavy atom. The fraction of sp³-hybridized carbons (Fsp3) is 0.375. The highest BCUT2D eigenvalue weighted by Crippen LogP contribution is 2.28. The van der Waals surface area contributed by atoms with Gasteiger partial charge in [0.2, 0.25) is 0 Å². The summed E-state index contributed by atoms with van der Waals surface area (Å²) < 4.78 is 5.71.